The quantitative estimate of drug-likeness (QED) is 0.874. The number of urea groups is 1. The molecule has 8 heteroatoms. The Bertz CT molecular complexity index is 616. The zero-order valence-corrected chi connectivity index (χ0v) is 12.5. The van der Waals surface area contributed by atoms with Gasteiger partial charge in [0.05, 0.1) is 11.5 Å². The van der Waals surface area contributed by atoms with Gasteiger partial charge in [-0.15, -0.1) is 0 Å². The molecule has 1 saturated heterocycles. The summed E-state index contributed by atoms with van der Waals surface area (Å²) in [4.78, 5) is 24.4. The van der Waals surface area contributed by atoms with E-state index in [1.807, 2.05) is 0 Å². The van der Waals surface area contributed by atoms with Crippen LogP contribution in [0.15, 0.2) is 18.2 Å². The van der Waals surface area contributed by atoms with Gasteiger partial charge in [0, 0.05) is 18.8 Å². The van der Waals surface area contributed by atoms with E-state index in [1.165, 1.54) is 24.0 Å². The van der Waals surface area contributed by atoms with Gasteiger partial charge in [0.1, 0.15) is 0 Å². The molecule has 1 aromatic carbocycles. The molecule has 1 heterocycles. The molecule has 0 bridgehead atoms. The number of aliphatic carboxylic acids is 1. The van der Waals surface area contributed by atoms with Gasteiger partial charge in [0.25, 0.3) is 0 Å². The van der Waals surface area contributed by atoms with Crippen LogP contribution in [0.2, 0.25) is 0 Å². The van der Waals surface area contributed by atoms with Crippen molar-refractivity contribution in [1.82, 2.24) is 4.90 Å². The lowest BCUT2D eigenvalue weighted by Crippen LogP contribution is -2.44. The number of carbonyl (C=O) groups is 2. The standard InChI is InChI=1S/C15H17F3N2O3/c1-9-4-5-11(7-12(9)15(16,17)18)19-14(23)20-6-2-3-10(8-20)13(21)22/h4-5,7,10H,2-3,6,8H2,1H3,(H,19,23)(H,21,22). The smallest absolute Gasteiger partial charge is 0.416 e. The summed E-state index contributed by atoms with van der Waals surface area (Å²) < 4.78 is 38.6. The molecule has 1 unspecified atom stereocenters. The minimum Gasteiger partial charge on any atom is -0.481 e. The number of amides is 2. The van der Waals surface area contributed by atoms with Crippen molar-refractivity contribution in [3.8, 4) is 0 Å². The number of halogens is 3. The Labute approximate surface area is 131 Å². The number of nitrogens with one attached hydrogen (secondary N) is 1. The van der Waals surface area contributed by atoms with Gasteiger partial charge in [-0.3, -0.25) is 4.79 Å². The number of carboxylic acids is 1. The Morgan fingerprint density at radius 1 is 1.35 bits per heavy atom. The van der Waals surface area contributed by atoms with Gasteiger partial charge in [0.15, 0.2) is 0 Å². The number of hydrogen-bond acceptors (Lipinski definition) is 2. The minimum atomic E-state index is -4.50. The topological polar surface area (TPSA) is 69.6 Å². The first-order valence-electron chi connectivity index (χ1n) is 7.15. The fourth-order valence-corrected chi connectivity index (χ4v) is 2.57. The number of anilines is 1. The summed E-state index contributed by atoms with van der Waals surface area (Å²) in [6.45, 7) is 1.78. The van der Waals surface area contributed by atoms with Crippen molar-refractivity contribution in [2.75, 3.05) is 18.4 Å². The molecule has 1 aromatic rings. The Hall–Kier alpha value is -2.25. The van der Waals surface area contributed by atoms with Crippen molar-refractivity contribution in [2.45, 2.75) is 25.9 Å². The van der Waals surface area contributed by atoms with Gasteiger partial charge < -0.3 is 15.3 Å². The van der Waals surface area contributed by atoms with Crippen LogP contribution in [-0.2, 0) is 11.0 Å². The van der Waals surface area contributed by atoms with Crippen LogP contribution in [-0.4, -0.2) is 35.1 Å². The molecular formula is C15H17F3N2O3. The number of rotatable bonds is 2. The summed E-state index contributed by atoms with van der Waals surface area (Å²) in [5, 5.41) is 11.4. The maximum absolute atomic E-state index is 12.9. The first kappa shape index (κ1) is 17.1. The highest BCUT2D eigenvalue weighted by molar-refractivity contribution is 5.90. The van der Waals surface area contributed by atoms with Gasteiger partial charge in [-0.25, -0.2) is 4.79 Å². The molecule has 126 valence electrons. The van der Waals surface area contributed by atoms with E-state index >= 15 is 0 Å². The van der Waals surface area contributed by atoms with Crippen LogP contribution in [0.3, 0.4) is 0 Å². The van der Waals surface area contributed by atoms with E-state index in [4.69, 9.17) is 5.11 Å². The zero-order chi connectivity index (χ0) is 17.2. The first-order chi connectivity index (χ1) is 10.7. The Morgan fingerprint density at radius 2 is 2.04 bits per heavy atom. The summed E-state index contributed by atoms with van der Waals surface area (Å²) in [7, 11) is 0. The van der Waals surface area contributed by atoms with Crippen LogP contribution in [0.4, 0.5) is 23.7 Å². The third-order valence-electron chi connectivity index (χ3n) is 3.85. The summed E-state index contributed by atoms with van der Waals surface area (Å²) in [5.41, 5.74) is -0.706. The number of nitrogens with zero attached hydrogens (tertiary/aromatic N) is 1. The van der Waals surface area contributed by atoms with Crippen LogP contribution in [0.25, 0.3) is 0 Å². The van der Waals surface area contributed by atoms with Crippen molar-refractivity contribution in [2.24, 2.45) is 5.92 Å². The van der Waals surface area contributed by atoms with Crippen molar-refractivity contribution < 1.29 is 27.9 Å². The number of carbonyl (C=O) groups excluding carboxylic acids is 1. The summed E-state index contributed by atoms with van der Waals surface area (Å²) in [6.07, 6.45) is -3.46. The van der Waals surface area contributed by atoms with Crippen molar-refractivity contribution in [3.63, 3.8) is 0 Å². The van der Waals surface area contributed by atoms with E-state index < -0.39 is 29.7 Å². The van der Waals surface area contributed by atoms with E-state index in [1.54, 1.807) is 0 Å². The van der Waals surface area contributed by atoms with E-state index in [-0.39, 0.29) is 17.8 Å². The van der Waals surface area contributed by atoms with E-state index in [2.05, 4.69) is 5.32 Å². The minimum absolute atomic E-state index is 0.0328. The van der Waals surface area contributed by atoms with E-state index in [9.17, 15) is 22.8 Å². The van der Waals surface area contributed by atoms with Gasteiger partial charge >= 0.3 is 18.2 Å². The molecule has 0 radical (unpaired) electrons. The molecule has 2 amide bonds. The molecule has 1 atom stereocenters. The molecule has 0 spiro atoms. The summed E-state index contributed by atoms with van der Waals surface area (Å²) in [6, 6.07) is 2.97. The predicted molar refractivity (Wildman–Crippen MR) is 77.1 cm³/mol. The van der Waals surface area contributed by atoms with E-state index in [0.717, 1.165) is 6.07 Å². The molecule has 5 nitrogen and oxygen atoms in total. The third kappa shape index (κ3) is 4.14. The lowest BCUT2D eigenvalue weighted by atomic mass is 9.99. The second-order valence-electron chi connectivity index (χ2n) is 5.58. The second kappa shape index (κ2) is 6.47. The lowest BCUT2D eigenvalue weighted by Gasteiger charge is -2.30. The van der Waals surface area contributed by atoms with Gasteiger partial charge in [-0.05, 0) is 37.5 Å². The summed E-state index contributed by atoms with van der Waals surface area (Å²) >= 11 is 0. The number of alkyl halides is 3. The van der Waals surface area contributed by atoms with Crippen LogP contribution in [0, 0.1) is 12.8 Å². The zero-order valence-electron chi connectivity index (χ0n) is 12.5. The largest absolute Gasteiger partial charge is 0.481 e. The average Bonchev–Trinajstić information content (AvgIpc) is 2.48. The van der Waals surface area contributed by atoms with Crippen LogP contribution >= 0.6 is 0 Å². The lowest BCUT2D eigenvalue weighted by molar-refractivity contribution is -0.143. The fourth-order valence-electron chi connectivity index (χ4n) is 2.57. The highest BCUT2D eigenvalue weighted by atomic mass is 19.4. The maximum atomic E-state index is 12.9. The number of carboxylic acid groups (broad SMARTS) is 1. The van der Waals surface area contributed by atoms with Gasteiger partial charge in [-0.2, -0.15) is 13.2 Å². The molecule has 2 N–H and O–H groups in total. The van der Waals surface area contributed by atoms with Crippen LogP contribution in [0.1, 0.15) is 24.0 Å². The average molecular weight is 330 g/mol. The molecule has 2 rings (SSSR count). The monoisotopic (exact) mass is 330 g/mol. The second-order valence-corrected chi connectivity index (χ2v) is 5.58. The van der Waals surface area contributed by atoms with Crippen molar-refractivity contribution in [3.05, 3.63) is 29.3 Å². The number of benzene rings is 1. The molecule has 1 aliphatic heterocycles. The molecular weight excluding hydrogens is 313 g/mol. The van der Waals surface area contributed by atoms with Crippen molar-refractivity contribution in [1.29, 1.82) is 0 Å². The Morgan fingerprint density at radius 3 is 2.65 bits per heavy atom. The van der Waals surface area contributed by atoms with Gasteiger partial charge in [0.2, 0.25) is 0 Å². The molecule has 1 fully saturated rings. The molecule has 0 saturated carbocycles. The SMILES string of the molecule is Cc1ccc(NC(=O)N2CCCC(C(=O)O)C2)cc1C(F)(F)F. The number of aryl methyl sites for hydroxylation is 1. The first-order valence-corrected chi connectivity index (χ1v) is 7.15. The highest BCUT2D eigenvalue weighted by Crippen LogP contribution is 2.33. The fraction of sp³-hybridized carbons (Fsp3) is 0.467. The number of likely N-dealkylation sites (tertiary alicyclic amines) is 1. The molecule has 0 aromatic heterocycles. The van der Waals surface area contributed by atoms with Crippen LogP contribution in [0.5, 0.6) is 0 Å². The Balaban J connectivity index is 2.10. The Kier molecular flexibility index (Phi) is 4.82. The molecule has 23 heavy (non-hydrogen) atoms. The molecule has 1 aliphatic rings. The van der Waals surface area contributed by atoms with Crippen LogP contribution < -0.4 is 5.32 Å². The third-order valence-corrected chi connectivity index (χ3v) is 3.85. The summed E-state index contributed by atoms with van der Waals surface area (Å²) in [5.74, 6) is -1.62. The molecule has 0 aliphatic carbocycles. The van der Waals surface area contributed by atoms with Gasteiger partial charge in [-0.1, -0.05) is 6.07 Å². The predicted octanol–water partition coefficient (Wildman–Crippen LogP) is 3.34. The van der Waals surface area contributed by atoms with E-state index in [0.29, 0.717) is 19.4 Å². The van der Waals surface area contributed by atoms with Crippen molar-refractivity contribution >= 4 is 17.7 Å². The highest BCUT2D eigenvalue weighted by Gasteiger charge is 2.33. The number of piperidine rings is 1. The maximum Gasteiger partial charge on any atom is 0.416 e. The normalized spacial score (nSPS) is 18.6. The number of hydrogen-bond donors (Lipinski definition) is 2.